The molecule has 0 spiro atoms. The van der Waals surface area contributed by atoms with E-state index in [1.165, 1.54) is 3.58 Å². The summed E-state index contributed by atoms with van der Waals surface area (Å²) in [4.78, 5) is 0. The molecule has 0 atom stereocenters. The van der Waals surface area contributed by atoms with Gasteiger partial charge in [-0.05, 0) is 59.2 Å². The summed E-state index contributed by atoms with van der Waals surface area (Å²) in [6.07, 6.45) is 4.20. The van der Waals surface area contributed by atoms with E-state index in [-0.39, 0.29) is 0 Å². The van der Waals surface area contributed by atoms with Crippen LogP contribution in [0.2, 0.25) is 19.6 Å². The average molecular weight is 310 g/mol. The molecular formula is C10H19IOSi. The van der Waals surface area contributed by atoms with Crippen molar-refractivity contribution in [1.29, 1.82) is 0 Å². The summed E-state index contributed by atoms with van der Waals surface area (Å²) in [7, 11) is -1.42. The molecule has 0 unspecified atom stereocenters. The van der Waals surface area contributed by atoms with Crippen LogP contribution in [0.5, 0.6) is 0 Å². The number of allylic oxidation sites excluding steroid dienone is 3. The normalized spacial score (nSPS) is 12.8. The van der Waals surface area contributed by atoms with E-state index >= 15 is 0 Å². The first-order chi connectivity index (χ1) is 5.81. The van der Waals surface area contributed by atoms with Crippen LogP contribution in [-0.4, -0.2) is 8.32 Å². The van der Waals surface area contributed by atoms with Gasteiger partial charge < -0.3 is 4.43 Å². The first-order valence-electron chi connectivity index (χ1n) is 4.50. The molecule has 0 aromatic rings. The minimum atomic E-state index is -1.42. The van der Waals surface area contributed by atoms with Crippen molar-refractivity contribution in [2.24, 2.45) is 0 Å². The molecule has 0 heterocycles. The lowest BCUT2D eigenvalue weighted by molar-refractivity contribution is 0.403. The second kappa shape index (κ2) is 5.85. The Hall–Kier alpha value is 0.227. The fraction of sp³-hybridized carbons (Fsp3) is 0.600. The summed E-state index contributed by atoms with van der Waals surface area (Å²) in [5, 5.41) is 0. The second-order valence-corrected chi connectivity index (χ2v) is 10.2. The lowest BCUT2D eigenvalue weighted by Gasteiger charge is -2.20. The SMILES string of the molecule is C=C(CC/C=C(/C)I)O[Si](C)(C)C. The molecule has 76 valence electrons. The first-order valence-corrected chi connectivity index (χ1v) is 8.99. The molecule has 1 nitrogen and oxygen atoms in total. The van der Waals surface area contributed by atoms with E-state index in [2.05, 4.69) is 61.8 Å². The highest BCUT2D eigenvalue weighted by Gasteiger charge is 2.15. The number of hydrogen-bond acceptors (Lipinski definition) is 1. The third-order valence-corrected chi connectivity index (χ3v) is 2.64. The molecule has 0 aliphatic carbocycles. The quantitative estimate of drug-likeness (QED) is 0.413. The molecule has 3 heteroatoms. The van der Waals surface area contributed by atoms with Crippen LogP contribution in [0.4, 0.5) is 0 Å². The van der Waals surface area contributed by atoms with Crippen LogP contribution in [0, 0.1) is 0 Å². The van der Waals surface area contributed by atoms with Gasteiger partial charge >= 0.3 is 0 Å². The van der Waals surface area contributed by atoms with Crippen molar-refractivity contribution in [2.45, 2.75) is 39.4 Å². The summed E-state index contributed by atoms with van der Waals surface area (Å²) >= 11 is 2.32. The van der Waals surface area contributed by atoms with Gasteiger partial charge in [0.05, 0.1) is 5.76 Å². The van der Waals surface area contributed by atoms with Gasteiger partial charge in [-0.3, -0.25) is 0 Å². The fourth-order valence-corrected chi connectivity index (χ4v) is 2.20. The van der Waals surface area contributed by atoms with E-state index in [0.717, 1.165) is 18.6 Å². The Morgan fingerprint density at radius 3 is 2.38 bits per heavy atom. The van der Waals surface area contributed by atoms with E-state index in [0.29, 0.717) is 0 Å². The zero-order valence-electron chi connectivity index (χ0n) is 8.98. The maximum atomic E-state index is 5.73. The molecule has 0 radical (unpaired) electrons. The molecule has 0 N–H and O–H groups in total. The third kappa shape index (κ3) is 10.1. The zero-order chi connectivity index (χ0) is 10.5. The van der Waals surface area contributed by atoms with Crippen LogP contribution < -0.4 is 0 Å². The lowest BCUT2D eigenvalue weighted by Crippen LogP contribution is -2.24. The molecule has 0 saturated carbocycles. The summed E-state index contributed by atoms with van der Waals surface area (Å²) < 4.78 is 7.06. The van der Waals surface area contributed by atoms with E-state index in [1.54, 1.807) is 0 Å². The molecule has 0 bridgehead atoms. The molecule has 0 fully saturated rings. The molecule has 0 aliphatic rings. The Labute approximate surface area is 96.5 Å². The fourth-order valence-electron chi connectivity index (χ4n) is 0.916. The third-order valence-electron chi connectivity index (χ3n) is 1.30. The molecule has 0 aromatic carbocycles. The van der Waals surface area contributed by atoms with Crippen molar-refractivity contribution in [3.63, 3.8) is 0 Å². The Morgan fingerprint density at radius 2 is 2.00 bits per heavy atom. The van der Waals surface area contributed by atoms with Crippen LogP contribution in [0.15, 0.2) is 22.0 Å². The van der Waals surface area contributed by atoms with Crippen molar-refractivity contribution in [3.8, 4) is 0 Å². The van der Waals surface area contributed by atoms with E-state index in [1.807, 2.05) is 0 Å². The second-order valence-electron chi connectivity index (χ2n) is 4.08. The van der Waals surface area contributed by atoms with Crippen molar-refractivity contribution in [2.75, 3.05) is 0 Å². The highest BCUT2D eigenvalue weighted by Crippen LogP contribution is 2.15. The summed E-state index contributed by atoms with van der Waals surface area (Å²) in [6, 6.07) is 0. The smallest absolute Gasteiger partial charge is 0.241 e. The van der Waals surface area contributed by atoms with Crippen LogP contribution in [0.1, 0.15) is 19.8 Å². The highest BCUT2D eigenvalue weighted by atomic mass is 127. The van der Waals surface area contributed by atoms with E-state index in [4.69, 9.17) is 4.43 Å². The van der Waals surface area contributed by atoms with Gasteiger partial charge in [0.2, 0.25) is 8.32 Å². The topological polar surface area (TPSA) is 9.23 Å². The van der Waals surface area contributed by atoms with Gasteiger partial charge in [0.25, 0.3) is 0 Å². The van der Waals surface area contributed by atoms with Gasteiger partial charge in [0.1, 0.15) is 0 Å². The number of halogens is 1. The maximum absolute atomic E-state index is 5.73. The molecule has 0 amide bonds. The molecule has 13 heavy (non-hydrogen) atoms. The first kappa shape index (κ1) is 13.2. The summed E-state index contributed by atoms with van der Waals surface area (Å²) in [6.45, 7) is 12.6. The molecule has 0 rings (SSSR count). The molecular weight excluding hydrogens is 291 g/mol. The molecule has 0 aromatic heterocycles. The van der Waals surface area contributed by atoms with Crippen molar-refractivity contribution in [3.05, 3.63) is 22.0 Å². The van der Waals surface area contributed by atoms with Crippen LogP contribution in [-0.2, 0) is 4.43 Å². The van der Waals surface area contributed by atoms with Gasteiger partial charge in [0.15, 0.2) is 0 Å². The Kier molecular flexibility index (Phi) is 5.95. The standard InChI is InChI=1S/C10H19IOSi/c1-9(11)7-6-8-10(2)12-13(3,4)5/h7H,2,6,8H2,1,3-5H3/b9-7-. The summed E-state index contributed by atoms with van der Waals surface area (Å²) in [5.41, 5.74) is 0. The van der Waals surface area contributed by atoms with Crippen molar-refractivity contribution < 1.29 is 4.43 Å². The Morgan fingerprint density at radius 1 is 1.46 bits per heavy atom. The van der Waals surface area contributed by atoms with Crippen LogP contribution in [0.3, 0.4) is 0 Å². The zero-order valence-corrected chi connectivity index (χ0v) is 12.1. The largest absolute Gasteiger partial charge is 0.548 e. The van der Waals surface area contributed by atoms with E-state index in [9.17, 15) is 0 Å². The van der Waals surface area contributed by atoms with Crippen molar-refractivity contribution in [1.82, 2.24) is 0 Å². The predicted octanol–water partition coefficient (Wildman–Crippen LogP) is 4.47. The van der Waals surface area contributed by atoms with Gasteiger partial charge in [-0.1, -0.05) is 12.7 Å². The van der Waals surface area contributed by atoms with Gasteiger partial charge in [-0.25, -0.2) is 0 Å². The summed E-state index contributed by atoms with van der Waals surface area (Å²) in [5.74, 6) is 0.938. The molecule has 0 aliphatic heterocycles. The minimum absolute atomic E-state index is 0.938. The predicted molar refractivity (Wildman–Crippen MR) is 70.6 cm³/mol. The van der Waals surface area contributed by atoms with E-state index < -0.39 is 8.32 Å². The van der Waals surface area contributed by atoms with Crippen molar-refractivity contribution >= 4 is 30.9 Å². The monoisotopic (exact) mass is 310 g/mol. The van der Waals surface area contributed by atoms with Crippen LogP contribution in [0.25, 0.3) is 0 Å². The highest BCUT2D eigenvalue weighted by molar-refractivity contribution is 14.1. The van der Waals surface area contributed by atoms with Gasteiger partial charge in [0, 0.05) is 6.42 Å². The maximum Gasteiger partial charge on any atom is 0.241 e. The van der Waals surface area contributed by atoms with Crippen LogP contribution >= 0.6 is 22.6 Å². The number of rotatable bonds is 5. The average Bonchev–Trinajstić information content (AvgIpc) is 1.81. The lowest BCUT2D eigenvalue weighted by atomic mass is 10.3. The Balaban J connectivity index is 3.71. The Bertz CT molecular complexity index is 199. The van der Waals surface area contributed by atoms with Gasteiger partial charge in [-0.2, -0.15) is 0 Å². The number of hydrogen-bond donors (Lipinski definition) is 0. The molecule has 0 saturated heterocycles. The minimum Gasteiger partial charge on any atom is -0.548 e. The van der Waals surface area contributed by atoms with Gasteiger partial charge in [-0.15, -0.1) is 0 Å².